The molecule has 1 amide bonds. The van der Waals surface area contributed by atoms with Crippen LogP contribution in [0.15, 0.2) is 63.8 Å². The summed E-state index contributed by atoms with van der Waals surface area (Å²) in [6.07, 6.45) is 0.350. The maximum absolute atomic E-state index is 13.4. The van der Waals surface area contributed by atoms with Crippen LogP contribution in [-0.4, -0.2) is 50.9 Å². The number of hydrogen-bond donors (Lipinski definition) is 0. The average molecular weight is 441 g/mol. The van der Waals surface area contributed by atoms with Gasteiger partial charge >= 0.3 is 5.63 Å². The Balaban J connectivity index is 1.71. The summed E-state index contributed by atoms with van der Waals surface area (Å²) in [5.74, 6) is -0.584. The van der Waals surface area contributed by atoms with Crippen molar-refractivity contribution in [2.24, 2.45) is 0 Å². The van der Waals surface area contributed by atoms with Crippen LogP contribution >= 0.6 is 0 Å². The van der Waals surface area contributed by atoms with Gasteiger partial charge in [-0.15, -0.1) is 0 Å². The highest BCUT2D eigenvalue weighted by atomic mass is 32.2. The minimum Gasteiger partial charge on any atom is -0.422 e. The number of amides is 1. The summed E-state index contributed by atoms with van der Waals surface area (Å²) < 4.78 is 29.5. The summed E-state index contributed by atoms with van der Waals surface area (Å²) in [5.41, 5.74) is 1.46. The van der Waals surface area contributed by atoms with E-state index in [0.717, 1.165) is 11.3 Å². The van der Waals surface area contributed by atoms with E-state index in [4.69, 9.17) is 4.42 Å². The van der Waals surface area contributed by atoms with Gasteiger partial charge in [0.15, 0.2) is 9.84 Å². The van der Waals surface area contributed by atoms with Gasteiger partial charge in [0, 0.05) is 37.8 Å². The Kier molecular flexibility index (Phi) is 5.58. The second-order valence-electron chi connectivity index (χ2n) is 8.04. The van der Waals surface area contributed by atoms with E-state index in [2.05, 4.69) is 0 Å². The van der Waals surface area contributed by atoms with E-state index in [-0.39, 0.29) is 23.6 Å². The first-order chi connectivity index (χ1) is 14.7. The largest absolute Gasteiger partial charge is 0.422 e. The fourth-order valence-electron chi connectivity index (χ4n) is 3.85. The SMILES string of the molecule is CN(C)c1ccc(CN(C(=O)c2cc3ccccc3oc2=O)C2CCS(=O)(=O)C2)cc1. The molecule has 1 saturated heterocycles. The van der Waals surface area contributed by atoms with Gasteiger partial charge in [0.25, 0.3) is 5.91 Å². The summed E-state index contributed by atoms with van der Waals surface area (Å²) in [7, 11) is 0.662. The fraction of sp³-hybridized carbons (Fsp3) is 0.304. The first kappa shape index (κ1) is 21.1. The molecule has 0 saturated carbocycles. The molecule has 0 N–H and O–H groups in total. The van der Waals surface area contributed by atoms with Crippen LogP contribution < -0.4 is 10.5 Å². The van der Waals surface area contributed by atoms with Gasteiger partial charge in [-0.3, -0.25) is 4.79 Å². The van der Waals surface area contributed by atoms with Crippen LogP contribution in [0.25, 0.3) is 11.0 Å². The molecule has 0 radical (unpaired) electrons. The van der Waals surface area contributed by atoms with Gasteiger partial charge in [-0.05, 0) is 36.2 Å². The van der Waals surface area contributed by atoms with Gasteiger partial charge < -0.3 is 14.2 Å². The molecule has 0 aliphatic carbocycles. The summed E-state index contributed by atoms with van der Waals surface area (Å²) in [4.78, 5) is 29.5. The van der Waals surface area contributed by atoms with Crippen LogP contribution in [0.2, 0.25) is 0 Å². The van der Waals surface area contributed by atoms with E-state index in [1.165, 1.54) is 11.0 Å². The second-order valence-corrected chi connectivity index (χ2v) is 10.3. The number of rotatable bonds is 5. The van der Waals surface area contributed by atoms with Crippen molar-refractivity contribution >= 4 is 32.4 Å². The van der Waals surface area contributed by atoms with E-state index in [9.17, 15) is 18.0 Å². The minimum atomic E-state index is -3.21. The zero-order chi connectivity index (χ0) is 22.2. The van der Waals surface area contributed by atoms with E-state index in [0.29, 0.717) is 17.4 Å². The Labute approximate surface area is 180 Å². The van der Waals surface area contributed by atoms with Crippen LogP contribution in [0, 0.1) is 0 Å². The molecule has 2 heterocycles. The van der Waals surface area contributed by atoms with Crippen LogP contribution in [0.5, 0.6) is 0 Å². The molecule has 162 valence electrons. The van der Waals surface area contributed by atoms with Gasteiger partial charge in [-0.1, -0.05) is 30.3 Å². The number of nitrogens with zero attached hydrogens (tertiary/aromatic N) is 2. The molecule has 7 nitrogen and oxygen atoms in total. The Morgan fingerprint density at radius 1 is 1.10 bits per heavy atom. The normalized spacial score (nSPS) is 17.5. The fourth-order valence-corrected chi connectivity index (χ4v) is 5.58. The third kappa shape index (κ3) is 4.49. The maximum Gasteiger partial charge on any atom is 0.349 e. The second kappa shape index (κ2) is 8.19. The van der Waals surface area contributed by atoms with Crippen molar-refractivity contribution < 1.29 is 17.6 Å². The third-order valence-electron chi connectivity index (χ3n) is 5.59. The quantitative estimate of drug-likeness (QED) is 0.567. The Morgan fingerprint density at radius 3 is 2.45 bits per heavy atom. The van der Waals surface area contributed by atoms with Crippen LogP contribution in [-0.2, 0) is 16.4 Å². The number of sulfone groups is 1. The lowest BCUT2D eigenvalue weighted by Crippen LogP contribution is -2.42. The standard InChI is InChI=1S/C23H24N2O5S/c1-24(2)18-9-7-16(8-10-18)14-25(19-11-12-31(28,29)15-19)22(26)20-13-17-5-3-4-6-21(17)30-23(20)27/h3-10,13,19H,11-12,14-15H2,1-2H3. The first-order valence-corrected chi connectivity index (χ1v) is 11.9. The van der Waals surface area contributed by atoms with Crippen molar-refractivity contribution in [3.8, 4) is 0 Å². The number of hydrogen-bond acceptors (Lipinski definition) is 6. The number of para-hydroxylation sites is 1. The lowest BCUT2D eigenvalue weighted by molar-refractivity contribution is 0.0676. The third-order valence-corrected chi connectivity index (χ3v) is 7.34. The molecule has 1 unspecified atom stereocenters. The Bertz CT molecular complexity index is 1280. The van der Waals surface area contributed by atoms with Crippen LogP contribution in [0.3, 0.4) is 0 Å². The van der Waals surface area contributed by atoms with Crippen LogP contribution in [0.4, 0.5) is 5.69 Å². The number of benzene rings is 2. The molecule has 0 spiro atoms. The van der Waals surface area contributed by atoms with Crippen molar-refractivity contribution in [3.05, 3.63) is 76.1 Å². The summed E-state index contributed by atoms with van der Waals surface area (Å²) in [6.45, 7) is 0.207. The van der Waals surface area contributed by atoms with E-state index in [1.54, 1.807) is 24.3 Å². The van der Waals surface area contributed by atoms with Crippen molar-refractivity contribution in [2.45, 2.75) is 19.0 Å². The maximum atomic E-state index is 13.4. The molecule has 31 heavy (non-hydrogen) atoms. The van der Waals surface area contributed by atoms with Gasteiger partial charge in [0.05, 0.1) is 11.5 Å². The smallest absolute Gasteiger partial charge is 0.349 e. The highest BCUT2D eigenvalue weighted by molar-refractivity contribution is 7.91. The topological polar surface area (TPSA) is 87.9 Å². The lowest BCUT2D eigenvalue weighted by atomic mass is 10.1. The van der Waals surface area contributed by atoms with E-state index >= 15 is 0 Å². The molecule has 1 aliphatic heterocycles. The molecule has 3 aromatic rings. The van der Waals surface area contributed by atoms with Gasteiger partial charge in [0.1, 0.15) is 11.1 Å². The molecular weight excluding hydrogens is 416 g/mol. The molecule has 1 fully saturated rings. The predicted molar refractivity (Wildman–Crippen MR) is 120 cm³/mol. The van der Waals surface area contributed by atoms with Crippen LogP contribution in [0.1, 0.15) is 22.3 Å². The number of anilines is 1. The molecule has 1 aromatic heterocycles. The van der Waals surface area contributed by atoms with Crippen molar-refractivity contribution in [1.29, 1.82) is 0 Å². The minimum absolute atomic E-state index is 0.0351. The lowest BCUT2D eigenvalue weighted by Gasteiger charge is -2.28. The Morgan fingerprint density at radius 2 is 1.81 bits per heavy atom. The molecule has 1 aliphatic rings. The van der Waals surface area contributed by atoms with E-state index in [1.807, 2.05) is 43.3 Å². The molecular formula is C23H24N2O5S. The van der Waals surface area contributed by atoms with Gasteiger partial charge in [-0.25, -0.2) is 13.2 Å². The summed E-state index contributed by atoms with van der Waals surface area (Å²) >= 11 is 0. The molecule has 8 heteroatoms. The van der Waals surface area contributed by atoms with Gasteiger partial charge in [-0.2, -0.15) is 0 Å². The van der Waals surface area contributed by atoms with E-state index < -0.39 is 27.4 Å². The highest BCUT2D eigenvalue weighted by Gasteiger charge is 2.36. The molecule has 4 rings (SSSR count). The predicted octanol–water partition coefficient (Wildman–Crippen LogP) is 2.69. The number of carbonyl (C=O) groups is 1. The van der Waals surface area contributed by atoms with Gasteiger partial charge in [0.2, 0.25) is 0 Å². The van der Waals surface area contributed by atoms with Crippen molar-refractivity contribution in [1.82, 2.24) is 4.90 Å². The average Bonchev–Trinajstić information content (AvgIpc) is 3.10. The summed E-state index contributed by atoms with van der Waals surface area (Å²) in [6, 6.07) is 15.7. The monoisotopic (exact) mass is 440 g/mol. The Hall–Kier alpha value is -3.13. The number of carbonyl (C=O) groups excluding carboxylic acids is 1. The molecule has 0 bridgehead atoms. The zero-order valence-electron chi connectivity index (χ0n) is 17.4. The molecule has 2 aromatic carbocycles. The van der Waals surface area contributed by atoms with Crippen molar-refractivity contribution in [3.63, 3.8) is 0 Å². The highest BCUT2D eigenvalue weighted by Crippen LogP contribution is 2.24. The van der Waals surface area contributed by atoms with Crippen molar-refractivity contribution in [2.75, 3.05) is 30.5 Å². The zero-order valence-corrected chi connectivity index (χ0v) is 18.3. The summed E-state index contributed by atoms with van der Waals surface area (Å²) in [5, 5.41) is 0.639. The first-order valence-electron chi connectivity index (χ1n) is 10.0. The molecule has 1 atom stereocenters. The number of fused-ring (bicyclic) bond motifs is 1.